The van der Waals surface area contributed by atoms with Crippen LogP contribution in [0.2, 0.25) is 0 Å². The molecule has 0 fully saturated rings. The van der Waals surface area contributed by atoms with E-state index in [2.05, 4.69) is 19.1 Å². The highest BCUT2D eigenvalue weighted by atomic mass is 16.5. The van der Waals surface area contributed by atoms with Crippen molar-refractivity contribution in [3.63, 3.8) is 0 Å². The van der Waals surface area contributed by atoms with Crippen molar-refractivity contribution in [1.82, 2.24) is 0 Å². The lowest BCUT2D eigenvalue weighted by atomic mass is 10.00. The summed E-state index contributed by atoms with van der Waals surface area (Å²) in [4.78, 5) is 0. The average Bonchev–Trinajstić information content (AvgIpc) is 2.29. The van der Waals surface area contributed by atoms with Crippen molar-refractivity contribution in [2.75, 3.05) is 13.7 Å². The summed E-state index contributed by atoms with van der Waals surface area (Å²) in [6.07, 6.45) is 4.02. The van der Waals surface area contributed by atoms with E-state index in [4.69, 9.17) is 9.84 Å². The van der Waals surface area contributed by atoms with Gasteiger partial charge in [-0.1, -0.05) is 13.0 Å². The van der Waals surface area contributed by atoms with Crippen molar-refractivity contribution >= 4 is 0 Å². The van der Waals surface area contributed by atoms with E-state index in [0.29, 0.717) is 0 Å². The van der Waals surface area contributed by atoms with Gasteiger partial charge in [0, 0.05) is 6.61 Å². The molecule has 0 bridgehead atoms. The molecule has 0 aromatic heterocycles. The molecule has 0 saturated heterocycles. The predicted molar refractivity (Wildman–Crippen MR) is 62.4 cm³/mol. The highest BCUT2D eigenvalue weighted by Gasteiger charge is 2.02. The van der Waals surface area contributed by atoms with Gasteiger partial charge in [0.2, 0.25) is 0 Å². The molecular weight excluding hydrogens is 188 g/mol. The number of rotatable bonds is 6. The third kappa shape index (κ3) is 3.56. The van der Waals surface area contributed by atoms with Crippen molar-refractivity contribution in [3.05, 3.63) is 29.3 Å². The third-order valence-corrected chi connectivity index (χ3v) is 2.65. The van der Waals surface area contributed by atoms with Gasteiger partial charge in [-0.05, 0) is 48.9 Å². The number of hydrogen-bond donors (Lipinski definition) is 1. The minimum absolute atomic E-state index is 0.289. The summed E-state index contributed by atoms with van der Waals surface area (Å²) < 4.78 is 5.20. The molecule has 0 heterocycles. The van der Waals surface area contributed by atoms with Crippen LogP contribution in [0.1, 0.15) is 30.9 Å². The van der Waals surface area contributed by atoms with Gasteiger partial charge in [0.1, 0.15) is 5.75 Å². The van der Waals surface area contributed by atoms with Crippen LogP contribution in [0.3, 0.4) is 0 Å². The second kappa shape index (κ2) is 6.46. The number of hydrogen-bond acceptors (Lipinski definition) is 2. The number of aliphatic hydroxyl groups excluding tert-OH is 1. The maximum Gasteiger partial charge on any atom is 0.119 e. The maximum atomic E-state index is 8.73. The first-order valence-electron chi connectivity index (χ1n) is 5.58. The van der Waals surface area contributed by atoms with E-state index in [-0.39, 0.29) is 6.61 Å². The Morgan fingerprint density at radius 3 is 2.60 bits per heavy atom. The first-order chi connectivity index (χ1) is 7.31. The summed E-state index contributed by atoms with van der Waals surface area (Å²) in [6, 6.07) is 6.25. The molecule has 0 amide bonds. The van der Waals surface area contributed by atoms with Crippen LogP contribution >= 0.6 is 0 Å². The molecule has 0 spiro atoms. The van der Waals surface area contributed by atoms with Gasteiger partial charge >= 0.3 is 0 Å². The van der Waals surface area contributed by atoms with E-state index in [1.165, 1.54) is 11.1 Å². The molecule has 15 heavy (non-hydrogen) atoms. The quantitative estimate of drug-likeness (QED) is 0.728. The molecule has 0 unspecified atom stereocenters. The molecule has 0 aliphatic carbocycles. The van der Waals surface area contributed by atoms with Crippen LogP contribution in [-0.4, -0.2) is 18.8 Å². The van der Waals surface area contributed by atoms with Crippen molar-refractivity contribution in [2.45, 2.75) is 32.6 Å². The van der Waals surface area contributed by atoms with Crippen LogP contribution in [0.25, 0.3) is 0 Å². The van der Waals surface area contributed by atoms with Crippen LogP contribution in [0.4, 0.5) is 0 Å². The van der Waals surface area contributed by atoms with E-state index in [1.54, 1.807) is 7.11 Å². The van der Waals surface area contributed by atoms with Gasteiger partial charge in [-0.3, -0.25) is 0 Å². The molecule has 2 heteroatoms. The minimum atomic E-state index is 0.289. The molecule has 2 nitrogen and oxygen atoms in total. The SMILES string of the molecule is CCc1cc(OC)ccc1CCCCO. The number of ether oxygens (including phenoxy) is 1. The Kier molecular flexibility index (Phi) is 5.19. The van der Waals surface area contributed by atoms with Crippen LogP contribution in [0, 0.1) is 0 Å². The standard InChI is InChI=1S/C13H20O2/c1-3-11-10-13(15-2)8-7-12(11)6-4-5-9-14/h7-8,10,14H,3-6,9H2,1-2H3. The van der Waals surface area contributed by atoms with E-state index in [9.17, 15) is 0 Å². The highest BCUT2D eigenvalue weighted by molar-refractivity contribution is 5.35. The molecule has 0 radical (unpaired) electrons. The molecule has 1 aromatic carbocycles. The maximum absolute atomic E-state index is 8.73. The molecule has 1 N–H and O–H groups in total. The zero-order valence-electron chi connectivity index (χ0n) is 9.62. The molecular formula is C13H20O2. The summed E-state index contributed by atoms with van der Waals surface area (Å²) in [7, 11) is 1.69. The molecule has 1 aromatic rings. The zero-order chi connectivity index (χ0) is 11.1. The van der Waals surface area contributed by atoms with Crippen LogP contribution in [0.5, 0.6) is 5.75 Å². The van der Waals surface area contributed by atoms with E-state index < -0.39 is 0 Å². The molecule has 0 atom stereocenters. The van der Waals surface area contributed by atoms with Crippen molar-refractivity contribution in [1.29, 1.82) is 0 Å². The van der Waals surface area contributed by atoms with Gasteiger partial charge in [-0.25, -0.2) is 0 Å². The van der Waals surface area contributed by atoms with Gasteiger partial charge in [0.05, 0.1) is 7.11 Å². The lowest BCUT2D eigenvalue weighted by Crippen LogP contribution is -1.95. The fourth-order valence-corrected chi connectivity index (χ4v) is 1.73. The predicted octanol–water partition coefficient (Wildman–Crippen LogP) is 2.57. The van der Waals surface area contributed by atoms with Gasteiger partial charge in [0.25, 0.3) is 0 Å². The smallest absolute Gasteiger partial charge is 0.119 e. The van der Waals surface area contributed by atoms with Crippen molar-refractivity contribution in [3.8, 4) is 5.75 Å². The second-order valence-electron chi connectivity index (χ2n) is 3.67. The van der Waals surface area contributed by atoms with Crippen molar-refractivity contribution in [2.24, 2.45) is 0 Å². The first-order valence-corrected chi connectivity index (χ1v) is 5.58. The molecule has 0 aliphatic rings. The molecule has 0 aliphatic heterocycles. The van der Waals surface area contributed by atoms with E-state index in [0.717, 1.165) is 31.4 Å². The third-order valence-electron chi connectivity index (χ3n) is 2.65. The normalized spacial score (nSPS) is 10.3. The van der Waals surface area contributed by atoms with E-state index >= 15 is 0 Å². The van der Waals surface area contributed by atoms with Crippen LogP contribution < -0.4 is 4.74 Å². The molecule has 84 valence electrons. The number of aliphatic hydroxyl groups is 1. The summed E-state index contributed by atoms with van der Waals surface area (Å²) in [5.74, 6) is 0.928. The Morgan fingerprint density at radius 1 is 1.20 bits per heavy atom. The highest BCUT2D eigenvalue weighted by Crippen LogP contribution is 2.19. The zero-order valence-corrected chi connectivity index (χ0v) is 9.62. The van der Waals surface area contributed by atoms with Gasteiger partial charge in [0.15, 0.2) is 0 Å². The monoisotopic (exact) mass is 208 g/mol. The Hall–Kier alpha value is -1.02. The summed E-state index contributed by atoms with van der Waals surface area (Å²) >= 11 is 0. The Balaban J connectivity index is 2.69. The van der Waals surface area contributed by atoms with Crippen molar-refractivity contribution < 1.29 is 9.84 Å². The Morgan fingerprint density at radius 2 is 2.00 bits per heavy atom. The summed E-state index contributed by atoms with van der Waals surface area (Å²) in [5.41, 5.74) is 2.74. The molecule has 0 saturated carbocycles. The lowest BCUT2D eigenvalue weighted by Gasteiger charge is -2.09. The van der Waals surface area contributed by atoms with Crippen LogP contribution in [0.15, 0.2) is 18.2 Å². The summed E-state index contributed by atoms with van der Waals surface area (Å²) in [6.45, 7) is 2.45. The van der Waals surface area contributed by atoms with Gasteiger partial charge in [-0.2, -0.15) is 0 Å². The van der Waals surface area contributed by atoms with Crippen LogP contribution in [-0.2, 0) is 12.8 Å². The van der Waals surface area contributed by atoms with E-state index in [1.807, 2.05) is 6.07 Å². The fraction of sp³-hybridized carbons (Fsp3) is 0.538. The Bertz CT molecular complexity index is 295. The van der Waals surface area contributed by atoms with Gasteiger partial charge < -0.3 is 9.84 Å². The number of aryl methyl sites for hydroxylation is 2. The average molecular weight is 208 g/mol. The minimum Gasteiger partial charge on any atom is -0.497 e. The first kappa shape index (κ1) is 12.1. The largest absolute Gasteiger partial charge is 0.497 e. The topological polar surface area (TPSA) is 29.5 Å². The second-order valence-corrected chi connectivity index (χ2v) is 3.67. The lowest BCUT2D eigenvalue weighted by molar-refractivity contribution is 0.284. The number of benzene rings is 1. The number of methoxy groups -OCH3 is 1. The summed E-state index contributed by atoms with van der Waals surface area (Å²) in [5, 5.41) is 8.73. The fourth-order valence-electron chi connectivity index (χ4n) is 1.73. The van der Waals surface area contributed by atoms with Gasteiger partial charge in [-0.15, -0.1) is 0 Å². The Labute approximate surface area is 91.9 Å². The molecule has 1 rings (SSSR count). The number of unbranched alkanes of at least 4 members (excludes halogenated alkanes) is 1.